The van der Waals surface area contributed by atoms with Crippen LogP contribution in [0.4, 0.5) is 0 Å². The summed E-state index contributed by atoms with van der Waals surface area (Å²) in [5.74, 6) is 0.846. The highest BCUT2D eigenvalue weighted by Gasteiger charge is 2.21. The maximum absolute atomic E-state index is 3.59. The van der Waals surface area contributed by atoms with Crippen molar-refractivity contribution in [3.05, 3.63) is 35.4 Å². The minimum absolute atomic E-state index is 0.257. The molecule has 0 N–H and O–H groups in total. The van der Waals surface area contributed by atoms with Gasteiger partial charge in [-0.05, 0) is 35.4 Å². The van der Waals surface area contributed by atoms with Gasteiger partial charge < -0.3 is 0 Å². The first kappa shape index (κ1) is 14.1. The lowest BCUT2D eigenvalue weighted by atomic mass is 9.87. The van der Waals surface area contributed by atoms with Gasteiger partial charge in [-0.25, -0.2) is 0 Å². The van der Waals surface area contributed by atoms with Crippen molar-refractivity contribution >= 4 is 15.9 Å². The number of benzene rings is 1. The summed E-state index contributed by atoms with van der Waals surface area (Å²) in [6.07, 6.45) is 1.34. The minimum Gasteiger partial charge on any atom is -0.299 e. The van der Waals surface area contributed by atoms with Crippen LogP contribution in [0.1, 0.15) is 38.3 Å². The molecule has 0 aromatic heterocycles. The monoisotopic (exact) mass is 309 g/mol. The molecule has 0 aliphatic carbocycles. The maximum Gasteiger partial charge on any atom is 0.0233 e. The summed E-state index contributed by atoms with van der Waals surface area (Å²) < 4.78 is 0. The lowest BCUT2D eigenvalue weighted by molar-refractivity contribution is 0.321. The molecule has 0 amide bonds. The number of likely N-dealkylation sites (tertiary alicyclic amines) is 1. The Hall–Kier alpha value is -0.340. The Morgan fingerprint density at radius 2 is 1.89 bits per heavy atom. The summed E-state index contributed by atoms with van der Waals surface area (Å²) in [6, 6.07) is 9.16. The first-order chi connectivity index (χ1) is 8.49. The van der Waals surface area contributed by atoms with Gasteiger partial charge in [0.05, 0.1) is 0 Å². The SMILES string of the molecule is CC(C)(C)c1ccc(CN2CCC(CBr)C2)cc1. The fourth-order valence-corrected chi connectivity index (χ4v) is 3.08. The summed E-state index contributed by atoms with van der Waals surface area (Å²) in [5, 5.41) is 1.15. The first-order valence-electron chi connectivity index (χ1n) is 6.87. The van der Waals surface area contributed by atoms with Crippen LogP contribution in [0.25, 0.3) is 0 Å². The predicted octanol–water partition coefficient (Wildman–Crippen LogP) is 4.20. The molecule has 1 saturated heterocycles. The fraction of sp³-hybridized carbons (Fsp3) is 0.625. The Balaban J connectivity index is 1.95. The van der Waals surface area contributed by atoms with Gasteiger partial charge in [0.1, 0.15) is 0 Å². The molecule has 18 heavy (non-hydrogen) atoms. The standard InChI is InChI=1S/C16H24BrN/c1-16(2,3)15-6-4-13(5-7-15)11-18-9-8-14(10-17)12-18/h4-7,14H,8-12H2,1-3H3. The number of rotatable bonds is 3. The van der Waals surface area contributed by atoms with Crippen molar-refractivity contribution in [2.24, 2.45) is 5.92 Å². The van der Waals surface area contributed by atoms with Crippen molar-refractivity contribution in [2.75, 3.05) is 18.4 Å². The first-order valence-corrected chi connectivity index (χ1v) is 7.99. The Morgan fingerprint density at radius 3 is 2.39 bits per heavy atom. The zero-order valence-electron chi connectivity index (χ0n) is 11.7. The van der Waals surface area contributed by atoms with E-state index in [-0.39, 0.29) is 5.41 Å². The second kappa shape index (κ2) is 5.75. The van der Waals surface area contributed by atoms with E-state index in [9.17, 15) is 0 Å². The maximum atomic E-state index is 3.59. The Labute approximate surface area is 120 Å². The van der Waals surface area contributed by atoms with Crippen molar-refractivity contribution in [1.29, 1.82) is 0 Å². The van der Waals surface area contributed by atoms with Gasteiger partial charge in [0.25, 0.3) is 0 Å². The van der Waals surface area contributed by atoms with Crippen LogP contribution in [0, 0.1) is 5.92 Å². The van der Waals surface area contributed by atoms with Gasteiger partial charge in [0.2, 0.25) is 0 Å². The molecule has 1 fully saturated rings. The van der Waals surface area contributed by atoms with E-state index in [4.69, 9.17) is 0 Å². The molecule has 1 atom stereocenters. The van der Waals surface area contributed by atoms with Crippen molar-refractivity contribution in [3.8, 4) is 0 Å². The molecule has 100 valence electrons. The molecule has 0 spiro atoms. The van der Waals surface area contributed by atoms with Gasteiger partial charge in [-0.3, -0.25) is 4.90 Å². The highest BCUT2D eigenvalue weighted by atomic mass is 79.9. The average molecular weight is 310 g/mol. The molecule has 1 aliphatic rings. The lowest BCUT2D eigenvalue weighted by Crippen LogP contribution is -2.20. The topological polar surface area (TPSA) is 3.24 Å². The van der Waals surface area contributed by atoms with Crippen molar-refractivity contribution < 1.29 is 0 Å². The molecule has 2 heteroatoms. The van der Waals surface area contributed by atoms with Crippen LogP contribution in [-0.2, 0) is 12.0 Å². The predicted molar refractivity (Wildman–Crippen MR) is 82.3 cm³/mol. The van der Waals surface area contributed by atoms with Crippen LogP contribution in [0.5, 0.6) is 0 Å². The molecule has 1 aromatic carbocycles. The largest absolute Gasteiger partial charge is 0.299 e. The number of hydrogen-bond donors (Lipinski definition) is 0. The number of hydrogen-bond acceptors (Lipinski definition) is 1. The summed E-state index contributed by atoms with van der Waals surface area (Å²) in [4.78, 5) is 2.57. The zero-order chi connectivity index (χ0) is 13.2. The summed E-state index contributed by atoms with van der Waals surface area (Å²) in [5.41, 5.74) is 3.12. The number of alkyl halides is 1. The molecule has 1 heterocycles. The van der Waals surface area contributed by atoms with Crippen molar-refractivity contribution in [3.63, 3.8) is 0 Å². The minimum atomic E-state index is 0.257. The summed E-state index contributed by atoms with van der Waals surface area (Å²) >= 11 is 3.59. The molecule has 1 aromatic rings. The second-order valence-corrected chi connectivity index (χ2v) is 7.14. The van der Waals surface area contributed by atoms with Crippen LogP contribution in [0.2, 0.25) is 0 Å². The Kier molecular flexibility index (Phi) is 4.50. The molecular formula is C16H24BrN. The molecule has 1 unspecified atom stereocenters. The van der Waals surface area contributed by atoms with Crippen LogP contribution >= 0.6 is 15.9 Å². The van der Waals surface area contributed by atoms with E-state index >= 15 is 0 Å². The number of nitrogens with zero attached hydrogens (tertiary/aromatic N) is 1. The van der Waals surface area contributed by atoms with E-state index < -0.39 is 0 Å². The molecule has 0 radical (unpaired) electrons. The number of halogens is 1. The highest BCUT2D eigenvalue weighted by molar-refractivity contribution is 9.09. The molecular weight excluding hydrogens is 286 g/mol. The van der Waals surface area contributed by atoms with E-state index in [1.54, 1.807) is 0 Å². The normalized spacial score (nSPS) is 21.4. The van der Waals surface area contributed by atoms with E-state index in [2.05, 4.69) is 65.9 Å². The van der Waals surface area contributed by atoms with Crippen LogP contribution in [0.15, 0.2) is 24.3 Å². The van der Waals surface area contributed by atoms with Gasteiger partial charge in [0.15, 0.2) is 0 Å². The van der Waals surface area contributed by atoms with Crippen LogP contribution < -0.4 is 0 Å². The Morgan fingerprint density at radius 1 is 1.22 bits per heavy atom. The summed E-state index contributed by atoms with van der Waals surface area (Å²) in [6.45, 7) is 10.4. The molecule has 0 saturated carbocycles. The average Bonchev–Trinajstić information content (AvgIpc) is 2.76. The lowest BCUT2D eigenvalue weighted by Gasteiger charge is -2.20. The summed E-state index contributed by atoms with van der Waals surface area (Å²) in [7, 11) is 0. The third kappa shape index (κ3) is 3.58. The van der Waals surface area contributed by atoms with Crippen molar-refractivity contribution in [1.82, 2.24) is 4.90 Å². The highest BCUT2D eigenvalue weighted by Crippen LogP contribution is 2.24. The van der Waals surface area contributed by atoms with Gasteiger partial charge in [-0.2, -0.15) is 0 Å². The van der Waals surface area contributed by atoms with E-state index in [0.29, 0.717) is 0 Å². The molecule has 0 bridgehead atoms. The van der Waals surface area contributed by atoms with Crippen LogP contribution in [0.3, 0.4) is 0 Å². The molecule has 1 nitrogen and oxygen atoms in total. The van der Waals surface area contributed by atoms with Gasteiger partial charge in [-0.15, -0.1) is 0 Å². The van der Waals surface area contributed by atoms with E-state index in [1.165, 1.54) is 30.6 Å². The third-order valence-electron chi connectivity index (χ3n) is 3.81. The zero-order valence-corrected chi connectivity index (χ0v) is 13.3. The van der Waals surface area contributed by atoms with Gasteiger partial charge in [0, 0.05) is 18.4 Å². The van der Waals surface area contributed by atoms with E-state index in [0.717, 1.165) is 17.8 Å². The Bertz CT molecular complexity index is 377. The van der Waals surface area contributed by atoms with Gasteiger partial charge >= 0.3 is 0 Å². The molecule has 1 aliphatic heterocycles. The quantitative estimate of drug-likeness (QED) is 0.756. The van der Waals surface area contributed by atoms with Gasteiger partial charge in [-0.1, -0.05) is 61.0 Å². The van der Waals surface area contributed by atoms with Crippen LogP contribution in [-0.4, -0.2) is 23.3 Å². The smallest absolute Gasteiger partial charge is 0.0233 e. The second-order valence-electron chi connectivity index (χ2n) is 6.49. The third-order valence-corrected chi connectivity index (χ3v) is 4.73. The molecule has 2 rings (SSSR count). The van der Waals surface area contributed by atoms with Crippen molar-refractivity contribution in [2.45, 2.75) is 39.2 Å². The van der Waals surface area contributed by atoms with E-state index in [1.807, 2.05) is 0 Å². The fourth-order valence-electron chi connectivity index (χ4n) is 2.55.